The van der Waals surface area contributed by atoms with Gasteiger partial charge in [-0.2, -0.15) is 11.3 Å². The first kappa shape index (κ1) is 18.9. The molecule has 3 heterocycles. The van der Waals surface area contributed by atoms with E-state index in [1.807, 2.05) is 35.0 Å². The average molecular weight is 419 g/mol. The Morgan fingerprint density at radius 3 is 2.89 bits per heavy atom. The number of anilines is 2. The van der Waals surface area contributed by atoms with Crippen LogP contribution in [0.4, 0.5) is 11.4 Å². The van der Waals surface area contributed by atoms with Crippen molar-refractivity contribution >= 4 is 40.2 Å². The van der Waals surface area contributed by atoms with E-state index in [9.17, 15) is 4.79 Å². The second kappa shape index (κ2) is 8.72. The molecule has 146 valence electrons. The van der Waals surface area contributed by atoms with Gasteiger partial charge in [-0.05, 0) is 23.6 Å². The van der Waals surface area contributed by atoms with Gasteiger partial charge in [0.05, 0.1) is 29.6 Å². The van der Waals surface area contributed by atoms with E-state index in [2.05, 4.69) is 20.4 Å². The molecule has 0 radical (unpaired) electrons. The Morgan fingerprint density at radius 1 is 1.25 bits per heavy atom. The maximum atomic E-state index is 12.5. The van der Waals surface area contributed by atoms with Crippen LogP contribution in [0.25, 0.3) is 11.5 Å². The molecule has 1 amide bonds. The van der Waals surface area contributed by atoms with Gasteiger partial charge in [-0.1, -0.05) is 17.7 Å². The van der Waals surface area contributed by atoms with Gasteiger partial charge in [-0.15, -0.1) is 10.2 Å². The maximum absolute atomic E-state index is 12.5. The van der Waals surface area contributed by atoms with Gasteiger partial charge in [0, 0.05) is 36.9 Å². The van der Waals surface area contributed by atoms with Crippen LogP contribution in [0.3, 0.4) is 0 Å². The highest BCUT2D eigenvalue weighted by Crippen LogP contribution is 2.34. The summed E-state index contributed by atoms with van der Waals surface area (Å²) in [6.07, 6.45) is 0.608. The van der Waals surface area contributed by atoms with E-state index >= 15 is 0 Å². The molecule has 0 aliphatic carbocycles. The molecule has 0 unspecified atom stereocenters. The lowest BCUT2D eigenvalue weighted by atomic mass is 10.2. The molecule has 3 aromatic rings. The minimum Gasteiger partial charge on any atom is -0.421 e. The number of carbonyl (C=O) groups is 1. The maximum Gasteiger partial charge on any atom is 0.248 e. The van der Waals surface area contributed by atoms with Gasteiger partial charge < -0.3 is 19.4 Å². The van der Waals surface area contributed by atoms with Crippen LogP contribution in [-0.2, 0) is 16.0 Å². The van der Waals surface area contributed by atoms with E-state index in [1.54, 1.807) is 11.3 Å². The Kier molecular flexibility index (Phi) is 5.90. The number of ether oxygens (including phenoxy) is 1. The van der Waals surface area contributed by atoms with Gasteiger partial charge in [0.1, 0.15) is 0 Å². The molecule has 4 rings (SSSR count). The quantitative estimate of drug-likeness (QED) is 0.654. The van der Waals surface area contributed by atoms with Crippen LogP contribution >= 0.6 is 22.9 Å². The third-order valence-electron chi connectivity index (χ3n) is 4.39. The number of aromatic nitrogens is 2. The summed E-state index contributed by atoms with van der Waals surface area (Å²) in [5, 5.41) is 15.5. The second-order valence-electron chi connectivity index (χ2n) is 6.30. The number of aryl methyl sites for hydroxylation is 1. The predicted octanol–water partition coefficient (Wildman–Crippen LogP) is 3.86. The third-order valence-corrected chi connectivity index (χ3v) is 5.38. The Labute approximate surface area is 171 Å². The molecular weight excluding hydrogens is 400 g/mol. The zero-order chi connectivity index (χ0) is 19.3. The van der Waals surface area contributed by atoms with Crippen LogP contribution in [0.5, 0.6) is 0 Å². The van der Waals surface area contributed by atoms with Crippen molar-refractivity contribution in [3.05, 3.63) is 45.9 Å². The molecule has 0 atom stereocenters. The molecule has 28 heavy (non-hydrogen) atoms. The Hall–Kier alpha value is -2.42. The number of amides is 1. The SMILES string of the molecule is O=C(CCc1nnc(-c2ccsc2)o1)Nc1cccc(Cl)c1N1CCOCC1. The van der Waals surface area contributed by atoms with Crippen molar-refractivity contribution in [3.63, 3.8) is 0 Å². The number of nitrogens with zero attached hydrogens (tertiary/aromatic N) is 3. The van der Waals surface area contributed by atoms with Crippen LogP contribution < -0.4 is 10.2 Å². The zero-order valence-corrected chi connectivity index (χ0v) is 16.6. The molecule has 1 saturated heterocycles. The lowest BCUT2D eigenvalue weighted by molar-refractivity contribution is -0.116. The summed E-state index contributed by atoms with van der Waals surface area (Å²) in [6.45, 7) is 2.75. The third kappa shape index (κ3) is 4.35. The van der Waals surface area contributed by atoms with Gasteiger partial charge in [0.15, 0.2) is 0 Å². The van der Waals surface area contributed by atoms with Gasteiger partial charge >= 0.3 is 0 Å². The standard InChI is InChI=1S/C19H19ClN4O3S/c20-14-2-1-3-15(18(14)24-7-9-26-10-8-24)21-16(25)4-5-17-22-23-19(27-17)13-6-11-28-12-13/h1-3,6,11-12H,4-5,7-10H2,(H,21,25). The molecule has 9 heteroatoms. The number of halogens is 1. The summed E-state index contributed by atoms with van der Waals surface area (Å²) < 4.78 is 11.0. The number of thiophene rings is 1. The van der Waals surface area contributed by atoms with E-state index in [0.717, 1.165) is 24.3 Å². The Bertz CT molecular complexity index is 939. The van der Waals surface area contributed by atoms with E-state index < -0.39 is 0 Å². The number of para-hydroxylation sites is 1. The first-order valence-electron chi connectivity index (χ1n) is 8.97. The van der Waals surface area contributed by atoms with Gasteiger partial charge in [0.2, 0.25) is 17.7 Å². The Balaban J connectivity index is 1.39. The van der Waals surface area contributed by atoms with Crippen molar-refractivity contribution in [1.82, 2.24) is 10.2 Å². The topological polar surface area (TPSA) is 80.5 Å². The first-order chi connectivity index (χ1) is 13.7. The normalized spacial score (nSPS) is 14.2. The van der Waals surface area contributed by atoms with Crippen molar-refractivity contribution in [3.8, 4) is 11.5 Å². The summed E-state index contributed by atoms with van der Waals surface area (Å²) in [7, 11) is 0. The molecule has 1 aromatic carbocycles. The summed E-state index contributed by atoms with van der Waals surface area (Å²) in [5.74, 6) is 0.781. The molecule has 0 saturated carbocycles. The van der Waals surface area contributed by atoms with Gasteiger partial charge in [-0.3, -0.25) is 4.79 Å². The summed E-state index contributed by atoms with van der Waals surface area (Å²) >= 11 is 7.97. The fourth-order valence-corrected chi connectivity index (χ4v) is 3.94. The molecule has 2 aromatic heterocycles. The fourth-order valence-electron chi connectivity index (χ4n) is 3.02. The molecular formula is C19H19ClN4O3S. The van der Waals surface area contributed by atoms with Crippen molar-refractivity contribution in [2.45, 2.75) is 12.8 Å². The van der Waals surface area contributed by atoms with Crippen LogP contribution in [0, 0.1) is 0 Å². The van der Waals surface area contributed by atoms with Crippen molar-refractivity contribution < 1.29 is 13.9 Å². The monoisotopic (exact) mass is 418 g/mol. The first-order valence-corrected chi connectivity index (χ1v) is 10.3. The molecule has 0 spiro atoms. The average Bonchev–Trinajstić information content (AvgIpc) is 3.39. The van der Waals surface area contributed by atoms with E-state index in [0.29, 0.717) is 42.1 Å². The van der Waals surface area contributed by atoms with E-state index in [1.165, 1.54) is 0 Å². The van der Waals surface area contributed by atoms with Crippen molar-refractivity contribution in [1.29, 1.82) is 0 Å². The van der Waals surface area contributed by atoms with E-state index in [-0.39, 0.29) is 12.3 Å². The number of carbonyl (C=O) groups excluding carboxylic acids is 1. The highest BCUT2D eigenvalue weighted by molar-refractivity contribution is 7.08. The number of morpholine rings is 1. The molecule has 1 aliphatic rings. The fraction of sp³-hybridized carbons (Fsp3) is 0.316. The molecule has 1 aliphatic heterocycles. The van der Waals surface area contributed by atoms with Crippen LogP contribution in [0.1, 0.15) is 12.3 Å². The molecule has 7 nitrogen and oxygen atoms in total. The van der Waals surface area contributed by atoms with Crippen LogP contribution in [-0.4, -0.2) is 42.4 Å². The van der Waals surface area contributed by atoms with Crippen molar-refractivity contribution in [2.75, 3.05) is 36.5 Å². The number of rotatable bonds is 6. The summed E-state index contributed by atoms with van der Waals surface area (Å²) in [4.78, 5) is 14.6. The van der Waals surface area contributed by atoms with Crippen LogP contribution in [0.15, 0.2) is 39.4 Å². The lowest BCUT2D eigenvalue weighted by Gasteiger charge is -2.31. The number of nitrogens with one attached hydrogen (secondary N) is 1. The zero-order valence-electron chi connectivity index (χ0n) is 15.1. The molecule has 1 fully saturated rings. The lowest BCUT2D eigenvalue weighted by Crippen LogP contribution is -2.37. The van der Waals surface area contributed by atoms with Crippen LogP contribution in [0.2, 0.25) is 5.02 Å². The predicted molar refractivity (Wildman–Crippen MR) is 109 cm³/mol. The summed E-state index contributed by atoms with van der Waals surface area (Å²) in [6, 6.07) is 7.43. The smallest absolute Gasteiger partial charge is 0.248 e. The van der Waals surface area contributed by atoms with Gasteiger partial charge in [0.25, 0.3) is 0 Å². The minimum atomic E-state index is -0.132. The highest BCUT2D eigenvalue weighted by Gasteiger charge is 2.19. The van der Waals surface area contributed by atoms with Crippen molar-refractivity contribution in [2.24, 2.45) is 0 Å². The van der Waals surface area contributed by atoms with Gasteiger partial charge in [-0.25, -0.2) is 0 Å². The molecule has 0 bridgehead atoms. The largest absolute Gasteiger partial charge is 0.421 e. The number of benzene rings is 1. The Morgan fingerprint density at radius 2 is 2.11 bits per heavy atom. The van der Waals surface area contributed by atoms with E-state index in [4.69, 9.17) is 20.8 Å². The second-order valence-corrected chi connectivity index (χ2v) is 7.48. The molecule has 1 N–H and O–H groups in total. The summed E-state index contributed by atoms with van der Waals surface area (Å²) in [5.41, 5.74) is 2.42. The number of hydrogen-bond donors (Lipinski definition) is 1. The highest BCUT2D eigenvalue weighted by atomic mass is 35.5. The minimum absolute atomic E-state index is 0.132. The number of hydrogen-bond acceptors (Lipinski definition) is 7.